The van der Waals surface area contributed by atoms with Crippen LogP contribution < -0.4 is 5.32 Å². The second kappa shape index (κ2) is 7.62. The zero-order valence-electron chi connectivity index (χ0n) is 14.9. The maximum atomic E-state index is 13.1. The number of nitrogens with one attached hydrogen (secondary N) is 1. The molecule has 0 bridgehead atoms. The van der Waals surface area contributed by atoms with Gasteiger partial charge >= 0.3 is 0 Å². The summed E-state index contributed by atoms with van der Waals surface area (Å²) in [7, 11) is 0. The Morgan fingerprint density at radius 1 is 1.00 bits per heavy atom. The molecule has 2 N–H and O–H groups in total. The van der Waals surface area contributed by atoms with Gasteiger partial charge in [-0.3, -0.25) is 0 Å². The molecule has 0 atom stereocenters. The van der Waals surface area contributed by atoms with Gasteiger partial charge in [0.05, 0.1) is 12.3 Å². The summed E-state index contributed by atoms with van der Waals surface area (Å²) in [4.78, 5) is 0. The van der Waals surface area contributed by atoms with E-state index >= 15 is 0 Å². The average Bonchev–Trinajstić information content (AvgIpc) is 2.67. The number of nitrogens with zero attached hydrogens (tertiary/aromatic N) is 2. The summed E-state index contributed by atoms with van der Waals surface area (Å²) in [5.74, 6) is 0.450. The summed E-state index contributed by atoms with van der Waals surface area (Å²) in [5, 5.41) is 21.0. The third kappa shape index (κ3) is 4.24. The minimum absolute atomic E-state index is 0.000619. The highest BCUT2D eigenvalue weighted by Gasteiger charge is 2.20. The average molecular weight is 351 g/mol. The highest BCUT2D eigenvalue weighted by atomic mass is 19.1. The fourth-order valence-electron chi connectivity index (χ4n) is 2.72. The van der Waals surface area contributed by atoms with Gasteiger partial charge in [0.1, 0.15) is 11.6 Å². The van der Waals surface area contributed by atoms with E-state index in [1.165, 1.54) is 12.1 Å². The smallest absolute Gasteiger partial charge is 0.148 e. The van der Waals surface area contributed by atoms with Gasteiger partial charge in [0.25, 0.3) is 0 Å². The van der Waals surface area contributed by atoms with Gasteiger partial charge in [-0.05, 0) is 41.5 Å². The number of hydrogen-bond acceptors (Lipinski definition) is 4. The highest BCUT2D eigenvalue weighted by Crippen LogP contribution is 2.24. The first-order valence-corrected chi connectivity index (χ1v) is 8.52. The zero-order chi connectivity index (χ0) is 18.6. The molecule has 0 fully saturated rings. The van der Waals surface area contributed by atoms with Gasteiger partial charge in [-0.2, -0.15) is 0 Å². The molecule has 0 saturated carbocycles. The van der Waals surface area contributed by atoms with Crippen molar-refractivity contribution >= 4 is 5.82 Å². The maximum Gasteiger partial charge on any atom is 0.148 e. The van der Waals surface area contributed by atoms with Crippen LogP contribution in [0.15, 0.2) is 60.7 Å². The Morgan fingerprint density at radius 3 is 2.42 bits per heavy atom. The van der Waals surface area contributed by atoms with Gasteiger partial charge in [-0.1, -0.05) is 44.2 Å². The largest absolute Gasteiger partial charge is 0.392 e. The van der Waals surface area contributed by atoms with Crippen molar-refractivity contribution in [1.29, 1.82) is 0 Å². The van der Waals surface area contributed by atoms with Crippen LogP contribution in [0.4, 0.5) is 10.2 Å². The van der Waals surface area contributed by atoms with Crippen LogP contribution in [0.5, 0.6) is 0 Å². The van der Waals surface area contributed by atoms with Gasteiger partial charge in [0, 0.05) is 17.5 Å². The summed E-state index contributed by atoms with van der Waals surface area (Å²) < 4.78 is 13.1. The summed E-state index contributed by atoms with van der Waals surface area (Å²) >= 11 is 0. The van der Waals surface area contributed by atoms with E-state index in [0.717, 1.165) is 22.4 Å². The van der Waals surface area contributed by atoms with Crippen LogP contribution in [0.25, 0.3) is 11.3 Å². The SMILES string of the molecule is CC(C)(CNc1ccc(-c2cccc(CO)c2)nn1)c1ccc(F)cc1. The molecule has 26 heavy (non-hydrogen) atoms. The lowest BCUT2D eigenvalue weighted by Crippen LogP contribution is -2.28. The molecule has 1 heterocycles. The first-order valence-electron chi connectivity index (χ1n) is 8.52. The molecule has 0 radical (unpaired) electrons. The lowest BCUT2D eigenvalue weighted by molar-refractivity contribution is 0.282. The van der Waals surface area contributed by atoms with E-state index in [4.69, 9.17) is 0 Å². The Bertz CT molecular complexity index is 861. The summed E-state index contributed by atoms with van der Waals surface area (Å²) in [6.07, 6.45) is 0. The summed E-state index contributed by atoms with van der Waals surface area (Å²) in [6, 6.07) is 17.9. The molecule has 134 valence electrons. The second-order valence-electron chi connectivity index (χ2n) is 6.91. The molecular formula is C21H22FN3O. The molecule has 0 unspecified atom stereocenters. The fourth-order valence-corrected chi connectivity index (χ4v) is 2.72. The zero-order valence-corrected chi connectivity index (χ0v) is 14.9. The number of rotatable bonds is 6. The molecule has 4 nitrogen and oxygen atoms in total. The van der Waals surface area contributed by atoms with E-state index < -0.39 is 0 Å². The van der Waals surface area contributed by atoms with Gasteiger partial charge in [-0.15, -0.1) is 10.2 Å². The standard InChI is InChI=1S/C21H22FN3O/c1-21(2,17-6-8-18(22)9-7-17)14-23-20-11-10-19(24-25-20)16-5-3-4-15(12-16)13-26/h3-12,26H,13-14H2,1-2H3,(H,23,25). The van der Waals surface area contributed by atoms with Crippen molar-refractivity contribution in [1.82, 2.24) is 10.2 Å². The Labute approximate surface area is 152 Å². The lowest BCUT2D eigenvalue weighted by Gasteiger charge is -2.25. The molecule has 1 aromatic heterocycles. The minimum atomic E-state index is -0.232. The Balaban J connectivity index is 1.68. The fraction of sp³-hybridized carbons (Fsp3) is 0.238. The van der Waals surface area contributed by atoms with E-state index in [1.807, 2.05) is 36.4 Å². The van der Waals surface area contributed by atoms with Crippen molar-refractivity contribution in [3.05, 3.63) is 77.6 Å². The van der Waals surface area contributed by atoms with Gasteiger partial charge in [-0.25, -0.2) is 4.39 Å². The molecular weight excluding hydrogens is 329 g/mol. The van der Waals surface area contributed by atoms with Crippen LogP contribution >= 0.6 is 0 Å². The van der Waals surface area contributed by atoms with E-state index in [0.29, 0.717) is 12.4 Å². The van der Waals surface area contributed by atoms with Gasteiger partial charge in [0.15, 0.2) is 0 Å². The Hall–Kier alpha value is -2.79. The Morgan fingerprint density at radius 2 is 1.77 bits per heavy atom. The maximum absolute atomic E-state index is 13.1. The summed E-state index contributed by atoms with van der Waals surface area (Å²) in [5.41, 5.74) is 3.39. The molecule has 3 rings (SSSR count). The predicted octanol–water partition coefficient (Wildman–Crippen LogP) is 4.16. The summed E-state index contributed by atoms with van der Waals surface area (Å²) in [6.45, 7) is 4.83. The highest BCUT2D eigenvalue weighted by molar-refractivity contribution is 5.60. The number of aliphatic hydroxyl groups is 1. The van der Waals surface area contributed by atoms with Crippen LogP contribution in [0.1, 0.15) is 25.0 Å². The topological polar surface area (TPSA) is 58.0 Å². The number of aliphatic hydroxyl groups excluding tert-OH is 1. The molecule has 0 aliphatic rings. The molecule has 2 aromatic carbocycles. The molecule has 0 saturated heterocycles. The van der Waals surface area contributed by atoms with Crippen molar-refractivity contribution in [3.8, 4) is 11.3 Å². The predicted molar refractivity (Wildman–Crippen MR) is 101 cm³/mol. The quantitative estimate of drug-likeness (QED) is 0.700. The molecule has 0 aliphatic carbocycles. The number of hydrogen-bond donors (Lipinski definition) is 2. The van der Waals surface area contributed by atoms with E-state index in [2.05, 4.69) is 29.4 Å². The third-order valence-corrected chi connectivity index (χ3v) is 4.41. The number of halogens is 1. The van der Waals surface area contributed by atoms with Gasteiger partial charge in [0.2, 0.25) is 0 Å². The monoisotopic (exact) mass is 351 g/mol. The number of benzene rings is 2. The van der Waals surface area contributed by atoms with Gasteiger partial charge < -0.3 is 10.4 Å². The van der Waals surface area contributed by atoms with E-state index in [9.17, 15) is 9.50 Å². The van der Waals surface area contributed by atoms with E-state index in [1.54, 1.807) is 12.1 Å². The van der Waals surface area contributed by atoms with Crippen molar-refractivity contribution < 1.29 is 9.50 Å². The Kier molecular flexibility index (Phi) is 5.28. The van der Waals surface area contributed by atoms with Crippen molar-refractivity contribution in [2.24, 2.45) is 0 Å². The van der Waals surface area contributed by atoms with E-state index in [-0.39, 0.29) is 17.8 Å². The van der Waals surface area contributed by atoms with Crippen LogP contribution in [-0.2, 0) is 12.0 Å². The van der Waals surface area contributed by atoms with Crippen LogP contribution in [-0.4, -0.2) is 21.8 Å². The van der Waals surface area contributed by atoms with Crippen LogP contribution in [0.2, 0.25) is 0 Å². The molecule has 0 spiro atoms. The first-order chi connectivity index (χ1) is 12.5. The normalized spacial score (nSPS) is 11.4. The molecule has 0 aliphatic heterocycles. The van der Waals surface area contributed by atoms with Crippen molar-refractivity contribution in [2.45, 2.75) is 25.9 Å². The lowest BCUT2D eigenvalue weighted by atomic mass is 9.84. The number of aromatic nitrogens is 2. The van der Waals surface area contributed by atoms with Crippen molar-refractivity contribution in [3.63, 3.8) is 0 Å². The molecule has 0 amide bonds. The second-order valence-corrected chi connectivity index (χ2v) is 6.91. The van der Waals surface area contributed by atoms with Crippen LogP contribution in [0.3, 0.4) is 0 Å². The minimum Gasteiger partial charge on any atom is -0.392 e. The molecule has 5 heteroatoms. The number of anilines is 1. The third-order valence-electron chi connectivity index (χ3n) is 4.41. The van der Waals surface area contributed by atoms with Crippen molar-refractivity contribution in [2.75, 3.05) is 11.9 Å². The first kappa shape index (κ1) is 18.0. The molecule has 3 aromatic rings. The van der Waals surface area contributed by atoms with Crippen LogP contribution in [0, 0.1) is 5.82 Å².